The number of carbonyl (C=O) groups is 3. The number of hydrogen-bond donors (Lipinski definition) is 1. The molecule has 0 radical (unpaired) electrons. The van der Waals surface area contributed by atoms with Gasteiger partial charge in [-0.25, -0.2) is 0 Å². The van der Waals surface area contributed by atoms with Crippen molar-refractivity contribution in [3.05, 3.63) is 46.2 Å². The number of Topliss-reactive ketones (excluding diaryl/α,β-unsaturated/α-hetero) is 1. The molecule has 1 amide bonds. The summed E-state index contributed by atoms with van der Waals surface area (Å²) in [5.41, 5.74) is -3.47. The van der Waals surface area contributed by atoms with Gasteiger partial charge in [-0.1, -0.05) is 29.5 Å². The lowest BCUT2D eigenvalue weighted by Crippen LogP contribution is -2.38. The number of hydrogen-bond acceptors (Lipinski definition) is 5. The predicted octanol–water partition coefficient (Wildman–Crippen LogP) is 6.14. The van der Waals surface area contributed by atoms with Gasteiger partial charge in [-0.3, -0.25) is 19.1 Å². The van der Waals surface area contributed by atoms with Crippen LogP contribution in [0.25, 0.3) is 0 Å². The molecule has 0 bridgehead atoms. The summed E-state index contributed by atoms with van der Waals surface area (Å²) in [4.78, 5) is 39.5. The Kier molecular flexibility index (Phi) is 9.48. The van der Waals surface area contributed by atoms with Crippen LogP contribution < -0.4 is 4.74 Å². The van der Waals surface area contributed by atoms with E-state index in [4.69, 9.17) is 16.3 Å². The summed E-state index contributed by atoms with van der Waals surface area (Å²) in [7, 11) is 1.34. The van der Waals surface area contributed by atoms with Crippen molar-refractivity contribution < 1.29 is 37.4 Å². The lowest BCUT2D eigenvalue weighted by atomic mass is 9.74. The number of carbonyl (C=O) groups excluding carboxylic acids is 2. The third-order valence-electron chi connectivity index (χ3n) is 7.04. The number of ketones is 1. The number of benzene rings is 1. The van der Waals surface area contributed by atoms with E-state index in [1.807, 2.05) is 20.8 Å². The Labute approximate surface area is 241 Å². The number of aliphatic carboxylic acids is 1. The van der Waals surface area contributed by atoms with E-state index < -0.39 is 58.5 Å². The molecule has 1 N–H and O–H groups in total. The second-order valence-corrected chi connectivity index (χ2v) is 11.8. The van der Waals surface area contributed by atoms with Gasteiger partial charge in [-0.15, -0.1) is 0 Å². The van der Waals surface area contributed by atoms with Crippen molar-refractivity contribution in [2.75, 3.05) is 20.2 Å². The first-order chi connectivity index (χ1) is 19.0. The fourth-order valence-electron chi connectivity index (χ4n) is 4.74. The van der Waals surface area contributed by atoms with E-state index in [0.717, 1.165) is 15.8 Å². The third kappa shape index (κ3) is 7.41. The topological polar surface area (TPSA) is 102 Å². The second kappa shape index (κ2) is 12.1. The molecule has 1 aliphatic carbocycles. The number of halogens is 4. The number of ether oxygens (including phenoxy) is 1. The highest BCUT2D eigenvalue weighted by molar-refractivity contribution is 6.34. The molecule has 2 aromatic rings. The zero-order chi connectivity index (χ0) is 30.8. The van der Waals surface area contributed by atoms with Crippen molar-refractivity contribution in [1.29, 1.82) is 0 Å². The first kappa shape index (κ1) is 32.0. The SMILES string of the molecule is COc1cccc(Cl)c1C(=O)CN(CC#CC(C)(C)C)C(=O)c1cnn(C2CCC(C)(C(=O)O)CC2)c1C(F)(F)F. The number of methoxy groups -OCH3 is 1. The van der Waals surface area contributed by atoms with Gasteiger partial charge in [0.05, 0.1) is 54.0 Å². The Bertz CT molecular complexity index is 1380. The molecule has 222 valence electrons. The zero-order valence-electron chi connectivity index (χ0n) is 23.6. The first-order valence-corrected chi connectivity index (χ1v) is 13.4. The van der Waals surface area contributed by atoms with Gasteiger partial charge in [0.15, 0.2) is 11.5 Å². The van der Waals surface area contributed by atoms with Gasteiger partial charge in [0.2, 0.25) is 0 Å². The molecule has 1 aromatic carbocycles. The van der Waals surface area contributed by atoms with Gasteiger partial charge >= 0.3 is 12.1 Å². The average molecular weight is 596 g/mol. The van der Waals surface area contributed by atoms with Crippen LogP contribution in [0.1, 0.15) is 85.8 Å². The Balaban J connectivity index is 2.01. The van der Waals surface area contributed by atoms with Gasteiger partial charge in [-0.05, 0) is 65.5 Å². The van der Waals surface area contributed by atoms with Crippen LogP contribution in [0.5, 0.6) is 5.75 Å². The highest BCUT2D eigenvalue weighted by atomic mass is 35.5. The highest BCUT2D eigenvalue weighted by Gasteiger charge is 2.45. The maximum Gasteiger partial charge on any atom is 0.433 e. The van der Waals surface area contributed by atoms with Crippen molar-refractivity contribution in [2.45, 2.75) is 65.6 Å². The molecule has 1 aliphatic rings. The molecule has 0 saturated heterocycles. The lowest BCUT2D eigenvalue weighted by molar-refractivity contribution is -0.152. The molecule has 1 aromatic heterocycles. The summed E-state index contributed by atoms with van der Waals surface area (Å²) in [5.74, 6) is 3.17. The van der Waals surface area contributed by atoms with Crippen molar-refractivity contribution in [1.82, 2.24) is 14.7 Å². The molecule has 1 fully saturated rings. The van der Waals surface area contributed by atoms with Crippen LogP contribution in [0.3, 0.4) is 0 Å². The van der Waals surface area contributed by atoms with E-state index in [1.165, 1.54) is 19.2 Å². The van der Waals surface area contributed by atoms with Gasteiger partial charge in [-0.2, -0.15) is 18.3 Å². The van der Waals surface area contributed by atoms with Crippen molar-refractivity contribution in [3.8, 4) is 17.6 Å². The number of amides is 1. The molecule has 0 atom stereocenters. The molecule has 8 nitrogen and oxygen atoms in total. The normalized spacial score (nSPS) is 19.2. The minimum absolute atomic E-state index is 0.00586. The molecular weight excluding hydrogens is 563 g/mol. The van der Waals surface area contributed by atoms with E-state index in [1.54, 1.807) is 13.0 Å². The van der Waals surface area contributed by atoms with Gasteiger partial charge in [0.25, 0.3) is 5.91 Å². The van der Waals surface area contributed by atoms with E-state index in [-0.39, 0.29) is 48.6 Å². The number of nitrogens with zero attached hydrogens (tertiary/aromatic N) is 3. The standard InChI is InChI=1S/C29H33ClF3N3O5/c1-27(2,3)12-7-15-35(17-21(37)23-20(30)8-6-9-22(23)41-5)25(38)19-16-34-36(24(19)29(31,32)33)18-10-13-28(4,14-11-18)26(39)40/h6,8-9,16,18H,10-11,13-15,17H2,1-5H3,(H,39,40). The van der Waals surface area contributed by atoms with Crippen LogP contribution in [0.15, 0.2) is 24.4 Å². The van der Waals surface area contributed by atoms with Crippen LogP contribution in [0, 0.1) is 22.7 Å². The number of alkyl halides is 3. The Hall–Kier alpha value is -3.52. The second-order valence-electron chi connectivity index (χ2n) is 11.4. The zero-order valence-corrected chi connectivity index (χ0v) is 24.3. The van der Waals surface area contributed by atoms with E-state index >= 15 is 0 Å². The average Bonchev–Trinajstić information content (AvgIpc) is 3.33. The molecular formula is C29H33ClF3N3O5. The Morgan fingerprint density at radius 3 is 2.39 bits per heavy atom. The monoisotopic (exact) mass is 595 g/mol. The largest absolute Gasteiger partial charge is 0.496 e. The maximum absolute atomic E-state index is 14.4. The summed E-state index contributed by atoms with van der Waals surface area (Å²) < 4.78 is 49.3. The van der Waals surface area contributed by atoms with E-state index in [2.05, 4.69) is 16.9 Å². The van der Waals surface area contributed by atoms with Crippen LogP contribution in [-0.2, 0) is 11.0 Å². The third-order valence-corrected chi connectivity index (χ3v) is 7.36. The summed E-state index contributed by atoms with van der Waals surface area (Å²) in [6.45, 7) is 6.12. The molecule has 12 heteroatoms. The Morgan fingerprint density at radius 2 is 1.85 bits per heavy atom. The number of carboxylic acids is 1. The highest BCUT2D eigenvalue weighted by Crippen LogP contribution is 2.43. The van der Waals surface area contributed by atoms with E-state index in [9.17, 15) is 32.7 Å². The maximum atomic E-state index is 14.4. The summed E-state index contributed by atoms with van der Waals surface area (Å²) >= 11 is 6.23. The summed E-state index contributed by atoms with van der Waals surface area (Å²) in [5, 5.41) is 13.5. The predicted molar refractivity (Wildman–Crippen MR) is 146 cm³/mol. The van der Waals surface area contributed by atoms with Crippen LogP contribution in [-0.4, -0.2) is 57.6 Å². The number of aromatic nitrogens is 2. The lowest BCUT2D eigenvalue weighted by Gasteiger charge is -2.34. The minimum atomic E-state index is -4.95. The molecule has 0 unspecified atom stereocenters. The van der Waals surface area contributed by atoms with Crippen molar-refractivity contribution in [2.24, 2.45) is 10.8 Å². The van der Waals surface area contributed by atoms with E-state index in [0.29, 0.717) is 0 Å². The van der Waals surface area contributed by atoms with Crippen LogP contribution in [0.4, 0.5) is 13.2 Å². The smallest absolute Gasteiger partial charge is 0.433 e. The minimum Gasteiger partial charge on any atom is -0.496 e. The molecule has 41 heavy (non-hydrogen) atoms. The fraction of sp³-hybridized carbons (Fsp3) is 0.517. The molecule has 0 spiro atoms. The molecule has 1 heterocycles. The fourth-order valence-corrected chi connectivity index (χ4v) is 5.02. The first-order valence-electron chi connectivity index (χ1n) is 13.0. The molecule has 0 aliphatic heterocycles. The Morgan fingerprint density at radius 1 is 1.22 bits per heavy atom. The molecule has 3 rings (SSSR count). The molecule has 1 saturated carbocycles. The quantitative estimate of drug-likeness (QED) is 0.290. The van der Waals surface area contributed by atoms with Gasteiger partial charge in [0.1, 0.15) is 5.75 Å². The van der Waals surface area contributed by atoms with Crippen molar-refractivity contribution >= 4 is 29.3 Å². The number of rotatable bonds is 8. The summed E-state index contributed by atoms with van der Waals surface area (Å²) in [6.07, 6.45) is -3.49. The van der Waals surface area contributed by atoms with Crippen molar-refractivity contribution in [3.63, 3.8) is 0 Å². The van der Waals surface area contributed by atoms with Crippen LogP contribution in [0.2, 0.25) is 5.02 Å². The van der Waals surface area contributed by atoms with Gasteiger partial charge in [0, 0.05) is 5.41 Å². The van der Waals surface area contributed by atoms with Gasteiger partial charge < -0.3 is 14.7 Å². The summed E-state index contributed by atoms with van der Waals surface area (Å²) in [6, 6.07) is 3.80. The van der Waals surface area contributed by atoms with Crippen LogP contribution >= 0.6 is 11.6 Å². The number of carboxylic acid groups (broad SMARTS) is 1.